The highest BCUT2D eigenvalue weighted by Crippen LogP contribution is 2.48. The molecule has 5 rings (SSSR count). The summed E-state index contributed by atoms with van der Waals surface area (Å²) in [5.41, 5.74) is -1.84. The predicted octanol–water partition coefficient (Wildman–Crippen LogP) is 4.11. The van der Waals surface area contributed by atoms with Gasteiger partial charge in [-0.2, -0.15) is 18.4 Å². The van der Waals surface area contributed by atoms with Gasteiger partial charge in [0.25, 0.3) is 5.91 Å². The van der Waals surface area contributed by atoms with Crippen LogP contribution in [-0.4, -0.2) is 61.2 Å². The molecule has 1 unspecified atom stereocenters. The van der Waals surface area contributed by atoms with Gasteiger partial charge in [0.1, 0.15) is 5.82 Å². The van der Waals surface area contributed by atoms with Gasteiger partial charge in [-0.25, -0.2) is 4.98 Å². The monoisotopic (exact) mass is 574 g/mol. The molecule has 1 aromatic carbocycles. The first-order valence-electron chi connectivity index (χ1n) is 12.8. The molecule has 0 bridgehead atoms. The number of likely N-dealkylation sites (tertiary alicyclic amines) is 1. The van der Waals surface area contributed by atoms with Gasteiger partial charge in [0.15, 0.2) is 0 Å². The Balaban J connectivity index is 1.45. The van der Waals surface area contributed by atoms with Crippen LogP contribution in [0.25, 0.3) is 11.0 Å². The summed E-state index contributed by atoms with van der Waals surface area (Å²) >= 11 is 6.18. The number of aryl methyl sites for hydroxylation is 1. The van der Waals surface area contributed by atoms with Gasteiger partial charge in [0.2, 0.25) is 11.5 Å². The van der Waals surface area contributed by atoms with E-state index in [1.54, 1.807) is 35.5 Å². The van der Waals surface area contributed by atoms with Gasteiger partial charge in [-0.3, -0.25) is 14.6 Å². The second-order valence-corrected chi connectivity index (χ2v) is 10.7. The SMILES string of the molecule is CC(O)(C(=O)N1CCC2(CC1)C(=O)N(Cc1nc3cc(Cl)ccc3n1CCCC#N)c1cnccc12)C(F)(F)F. The lowest BCUT2D eigenvalue weighted by Crippen LogP contribution is -2.59. The average Bonchev–Trinajstić information content (AvgIpc) is 3.36. The number of nitriles is 1. The highest BCUT2D eigenvalue weighted by molar-refractivity contribution is 6.31. The van der Waals surface area contributed by atoms with Crippen molar-refractivity contribution in [2.75, 3.05) is 18.0 Å². The number of fused-ring (bicyclic) bond motifs is 3. The molecule has 2 aliphatic rings. The molecule has 1 fully saturated rings. The number of piperidine rings is 1. The zero-order valence-corrected chi connectivity index (χ0v) is 22.3. The first-order chi connectivity index (χ1) is 18.9. The Bertz CT molecular complexity index is 1520. The van der Waals surface area contributed by atoms with Crippen molar-refractivity contribution in [2.45, 2.75) is 62.9 Å². The normalized spacial score (nSPS) is 18.2. The molecule has 1 saturated heterocycles. The Kier molecular flexibility index (Phi) is 7.00. The van der Waals surface area contributed by atoms with Crippen LogP contribution in [0.15, 0.2) is 36.7 Å². The van der Waals surface area contributed by atoms with Crippen LogP contribution in [0.5, 0.6) is 0 Å². The van der Waals surface area contributed by atoms with Crippen LogP contribution in [0, 0.1) is 11.3 Å². The van der Waals surface area contributed by atoms with Gasteiger partial charge in [-0.15, -0.1) is 0 Å². The van der Waals surface area contributed by atoms with Gasteiger partial charge in [0.05, 0.1) is 40.9 Å². The zero-order chi connectivity index (χ0) is 28.9. The highest BCUT2D eigenvalue weighted by atomic mass is 35.5. The lowest BCUT2D eigenvalue weighted by molar-refractivity contribution is -0.250. The molecule has 9 nitrogen and oxygen atoms in total. The van der Waals surface area contributed by atoms with E-state index in [9.17, 15) is 27.9 Å². The Labute approximate surface area is 232 Å². The number of carbonyl (C=O) groups is 2. The molecule has 2 aliphatic heterocycles. The highest BCUT2D eigenvalue weighted by Gasteiger charge is 2.59. The summed E-state index contributed by atoms with van der Waals surface area (Å²) in [5.74, 6) is -1.10. The summed E-state index contributed by atoms with van der Waals surface area (Å²) in [6.07, 6.45) is -0.877. The topological polar surface area (TPSA) is 115 Å². The first kappa shape index (κ1) is 27.9. The van der Waals surface area contributed by atoms with Crippen molar-refractivity contribution in [2.24, 2.45) is 0 Å². The summed E-state index contributed by atoms with van der Waals surface area (Å²) in [6.45, 7) is 0.794. The Hall–Kier alpha value is -3.69. The number of nitrogens with zero attached hydrogens (tertiary/aromatic N) is 6. The largest absolute Gasteiger partial charge is 0.426 e. The van der Waals surface area contributed by atoms with Crippen LogP contribution >= 0.6 is 11.6 Å². The summed E-state index contributed by atoms with van der Waals surface area (Å²) < 4.78 is 41.8. The van der Waals surface area contributed by atoms with E-state index in [1.807, 2.05) is 10.6 Å². The minimum Gasteiger partial charge on any atom is -0.373 e. The molecular weight excluding hydrogens is 549 g/mol. The fraction of sp³-hybridized carbons (Fsp3) is 0.444. The van der Waals surface area contributed by atoms with E-state index >= 15 is 0 Å². The third kappa shape index (κ3) is 4.47. The number of alkyl halides is 3. The number of hydrogen-bond acceptors (Lipinski definition) is 6. The number of rotatable bonds is 6. The number of unbranched alkanes of at least 4 members (excludes halogenated alkanes) is 1. The Morgan fingerprint density at radius 1 is 1.25 bits per heavy atom. The third-order valence-corrected chi connectivity index (χ3v) is 8.13. The first-order valence-corrected chi connectivity index (χ1v) is 13.1. The van der Waals surface area contributed by atoms with E-state index in [-0.39, 0.29) is 38.4 Å². The maximum absolute atomic E-state index is 14.1. The fourth-order valence-corrected chi connectivity index (χ4v) is 5.80. The average molecular weight is 575 g/mol. The second-order valence-electron chi connectivity index (χ2n) is 10.3. The van der Waals surface area contributed by atoms with Crippen molar-refractivity contribution in [3.63, 3.8) is 0 Å². The number of aromatic nitrogens is 3. The molecule has 2 amide bonds. The predicted molar refractivity (Wildman–Crippen MR) is 139 cm³/mol. The van der Waals surface area contributed by atoms with E-state index in [4.69, 9.17) is 21.8 Å². The van der Waals surface area contributed by atoms with Crippen LogP contribution in [-0.2, 0) is 28.1 Å². The van der Waals surface area contributed by atoms with Crippen LogP contribution in [0.4, 0.5) is 18.9 Å². The second kappa shape index (κ2) is 10.1. The van der Waals surface area contributed by atoms with Gasteiger partial charge in [0, 0.05) is 37.3 Å². The van der Waals surface area contributed by atoms with E-state index in [2.05, 4.69) is 11.1 Å². The number of pyridine rings is 1. The van der Waals surface area contributed by atoms with Crippen LogP contribution < -0.4 is 4.90 Å². The molecule has 1 spiro atoms. The van der Waals surface area contributed by atoms with Crippen molar-refractivity contribution < 1.29 is 27.9 Å². The summed E-state index contributed by atoms with van der Waals surface area (Å²) in [6, 6.07) is 9.18. The molecule has 3 aromatic rings. The van der Waals surface area contributed by atoms with Crippen LogP contribution in [0.2, 0.25) is 5.02 Å². The molecule has 0 saturated carbocycles. The van der Waals surface area contributed by atoms with Gasteiger partial charge in [-0.1, -0.05) is 11.6 Å². The Morgan fingerprint density at radius 3 is 2.65 bits per heavy atom. The van der Waals surface area contributed by atoms with Crippen LogP contribution in [0.1, 0.15) is 44.0 Å². The van der Waals surface area contributed by atoms with Crippen molar-refractivity contribution in [1.82, 2.24) is 19.4 Å². The number of anilines is 1. The zero-order valence-electron chi connectivity index (χ0n) is 21.6. The number of amides is 2. The van der Waals surface area contributed by atoms with E-state index < -0.39 is 23.1 Å². The maximum Gasteiger partial charge on any atom is 0.426 e. The molecule has 1 N–H and O–H groups in total. The van der Waals surface area contributed by atoms with Crippen molar-refractivity contribution in [3.8, 4) is 6.07 Å². The molecule has 2 aromatic heterocycles. The maximum atomic E-state index is 14.1. The van der Waals surface area contributed by atoms with Gasteiger partial charge >= 0.3 is 6.18 Å². The third-order valence-electron chi connectivity index (χ3n) is 7.89. The minimum absolute atomic E-state index is 0.0905. The van der Waals surface area contributed by atoms with E-state index in [0.29, 0.717) is 53.9 Å². The Morgan fingerprint density at radius 2 is 1.98 bits per heavy atom. The lowest BCUT2D eigenvalue weighted by atomic mass is 9.73. The molecule has 1 atom stereocenters. The number of benzene rings is 1. The number of imidazole rings is 1. The standard InChI is InChI=1S/C27H26ClF3N6O3/c1-25(40,27(29,30)31)23(38)35-12-7-26(8-13-35)18-6-10-33-15-21(18)37(24(26)39)16-22-34-19-14-17(28)4-5-20(19)36(22)11-3-2-9-32/h4-6,10,14-15,40H,2-3,7-8,11-13,16H2,1H3. The molecule has 13 heteroatoms. The quantitative estimate of drug-likeness (QED) is 0.443. The van der Waals surface area contributed by atoms with E-state index in [0.717, 1.165) is 10.4 Å². The minimum atomic E-state index is -5.12. The number of halogens is 4. The molecule has 40 heavy (non-hydrogen) atoms. The number of hydrogen-bond donors (Lipinski definition) is 1. The molecule has 0 radical (unpaired) electrons. The summed E-state index contributed by atoms with van der Waals surface area (Å²) in [5, 5.41) is 19.4. The molecule has 0 aliphatic carbocycles. The van der Waals surface area contributed by atoms with Crippen molar-refractivity contribution >= 4 is 40.1 Å². The smallest absolute Gasteiger partial charge is 0.373 e. The van der Waals surface area contributed by atoms with E-state index in [1.165, 1.54) is 0 Å². The lowest BCUT2D eigenvalue weighted by Gasteiger charge is -2.41. The summed E-state index contributed by atoms with van der Waals surface area (Å²) in [4.78, 5) is 38.1. The molecular formula is C27H26ClF3N6O3. The fourth-order valence-electron chi connectivity index (χ4n) is 5.63. The van der Waals surface area contributed by atoms with Crippen molar-refractivity contribution in [1.29, 1.82) is 5.26 Å². The number of carbonyl (C=O) groups excluding carboxylic acids is 2. The van der Waals surface area contributed by atoms with Gasteiger partial charge < -0.3 is 19.5 Å². The van der Waals surface area contributed by atoms with Gasteiger partial charge in [-0.05, 0) is 56.0 Å². The molecule has 210 valence electrons. The van der Waals surface area contributed by atoms with Crippen molar-refractivity contribution in [3.05, 3.63) is 53.1 Å². The summed E-state index contributed by atoms with van der Waals surface area (Å²) in [7, 11) is 0. The number of aliphatic hydroxyl groups is 1. The molecule has 4 heterocycles. The van der Waals surface area contributed by atoms with Crippen LogP contribution in [0.3, 0.4) is 0 Å².